The number of sulfonamides is 1. The summed E-state index contributed by atoms with van der Waals surface area (Å²) in [5, 5.41) is 4.54. The maximum atomic E-state index is 12.0. The lowest BCUT2D eigenvalue weighted by atomic mass is 9.58. The highest BCUT2D eigenvalue weighted by atomic mass is 127. The molecule has 194 valence electrons. The summed E-state index contributed by atoms with van der Waals surface area (Å²) in [6, 6.07) is 14.8. The lowest BCUT2D eigenvalue weighted by molar-refractivity contribution is 0.164. The van der Waals surface area contributed by atoms with Crippen LogP contribution in [0.15, 0.2) is 42.5 Å². The molecule has 9 heteroatoms. The molecule has 1 unspecified atom stereocenters. The monoisotopic (exact) mass is 634 g/mol. The molecule has 1 heterocycles. The molecule has 1 aliphatic carbocycles. The molecule has 35 heavy (non-hydrogen) atoms. The first-order chi connectivity index (χ1) is 16.9. The normalized spacial score (nSPS) is 18.6. The van der Waals surface area contributed by atoms with Crippen molar-refractivity contribution >= 4 is 44.2 Å². The lowest BCUT2D eigenvalue weighted by Gasteiger charge is -2.50. The molecular weight excluding hydrogens is 599 g/mol. The van der Waals surface area contributed by atoms with Gasteiger partial charge in [0, 0.05) is 30.1 Å². The average molecular weight is 635 g/mol. The van der Waals surface area contributed by atoms with Crippen molar-refractivity contribution in [1.29, 1.82) is 0 Å². The molecule has 6 nitrogen and oxygen atoms in total. The number of benzene rings is 2. The van der Waals surface area contributed by atoms with Crippen LogP contribution < -0.4 is 14.8 Å². The SMILES string of the molecule is CI.COCCNS(=O)(=O)CCCOc1ccc2c(c1)C(C1(c3ccc(Cl)cc3)CCC1)NCC2. The van der Waals surface area contributed by atoms with E-state index in [1.165, 1.54) is 23.1 Å². The van der Waals surface area contributed by atoms with Gasteiger partial charge in [-0.2, -0.15) is 0 Å². The number of fused-ring (bicyclic) bond motifs is 1. The van der Waals surface area contributed by atoms with Gasteiger partial charge in [-0.3, -0.25) is 0 Å². The van der Waals surface area contributed by atoms with Gasteiger partial charge in [-0.05, 0) is 78.1 Å². The van der Waals surface area contributed by atoms with E-state index in [9.17, 15) is 8.42 Å². The third-order valence-corrected chi connectivity index (χ3v) is 8.56. The molecule has 2 aliphatic rings. The van der Waals surface area contributed by atoms with Crippen LogP contribution in [0.2, 0.25) is 5.02 Å². The maximum absolute atomic E-state index is 12.0. The molecule has 2 aromatic rings. The fourth-order valence-corrected chi connectivity index (χ4v) is 6.17. The van der Waals surface area contributed by atoms with Crippen LogP contribution in [0.4, 0.5) is 0 Å². The van der Waals surface area contributed by atoms with Gasteiger partial charge >= 0.3 is 0 Å². The number of hydrogen-bond acceptors (Lipinski definition) is 5. The van der Waals surface area contributed by atoms with Gasteiger partial charge in [0.1, 0.15) is 5.75 Å². The number of ether oxygens (including phenoxy) is 2. The van der Waals surface area contributed by atoms with Crippen molar-refractivity contribution in [2.45, 2.75) is 43.6 Å². The Balaban J connectivity index is 0.00000167. The number of rotatable bonds is 11. The number of nitrogens with one attached hydrogen (secondary N) is 2. The summed E-state index contributed by atoms with van der Waals surface area (Å²) in [7, 11) is -1.76. The zero-order valence-corrected chi connectivity index (χ0v) is 24.2. The van der Waals surface area contributed by atoms with Crippen molar-refractivity contribution in [2.24, 2.45) is 0 Å². The minimum Gasteiger partial charge on any atom is -0.494 e. The molecule has 0 radical (unpaired) electrons. The summed E-state index contributed by atoms with van der Waals surface area (Å²) in [6.45, 7) is 1.96. The van der Waals surface area contributed by atoms with E-state index in [-0.39, 0.29) is 23.8 Å². The predicted molar refractivity (Wildman–Crippen MR) is 152 cm³/mol. The molecule has 0 saturated heterocycles. The largest absolute Gasteiger partial charge is 0.494 e. The minimum absolute atomic E-state index is 0.0332. The van der Waals surface area contributed by atoms with Gasteiger partial charge in [0.25, 0.3) is 0 Å². The number of halogens is 2. The Morgan fingerprint density at radius 3 is 2.54 bits per heavy atom. The Bertz CT molecular complexity index is 1050. The minimum atomic E-state index is -3.31. The fourth-order valence-electron chi connectivity index (χ4n) is 5.01. The summed E-state index contributed by atoms with van der Waals surface area (Å²) in [4.78, 5) is 1.97. The third-order valence-electron chi connectivity index (χ3n) is 6.84. The Morgan fingerprint density at radius 2 is 1.89 bits per heavy atom. The Labute approximate surface area is 228 Å². The molecule has 1 aliphatic heterocycles. The van der Waals surface area contributed by atoms with Gasteiger partial charge in [0.05, 0.1) is 19.0 Å². The quantitative estimate of drug-likeness (QED) is 0.206. The first-order valence-electron chi connectivity index (χ1n) is 12.0. The Kier molecular flexibility index (Phi) is 11.1. The molecule has 4 rings (SSSR count). The van der Waals surface area contributed by atoms with Crippen LogP contribution in [0.25, 0.3) is 0 Å². The second-order valence-corrected chi connectivity index (χ2v) is 11.3. The van der Waals surface area contributed by atoms with E-state index in [1.807, 2.05) is 23.1 Å². The van der Waals surface area contributed by atoms with Crippen molar-refractivity contribution in [3.63, 3.8) is 0 Å². The maximum Gasteiger partial charge on any atom is 0.211 e. The average Bonchev–Trinajstić information content (AvgIpc) is 2.84. The van der Waals surface area contributed by atoms with Crippen LogP contribution in [0.5, 0.6) is 5.75 Å². The summed E-state index contributed by atoms with van der Waals surface area (Å²) < 4.78 is 37.4. The second kappa shape index (κ2) is 13.6. The highest BCUT2D eigenvalue weighted by molar-refractivity contribution is 14.1. The van der Waals surface area contributed by atoms with Crippen molar-refractivity contribution in [3.05, 3.63) is 64.2 Å². The zero-order valence-electron chi connectivity index (χ0n) is 20.5. The summed E-state index contributed by atoms with van der Waals surface area (Å²) >= 11 is 8.30. The van der Waals surface area contributed by atoms with Crippen molar-refractivity contribution in [3.8, 4) is 5.75 Å². The summed E-state index contributed by atoms with van der Waals surface area (Å²) in [5.41, 5.74) is 4.06. The van der Waals surface area contributed by atoms with Crippen LogP contribution in [-0.2, 0) is 26.6 Å². The van der Waals surface area contributed by atoms with Gasteiger partial charge < -0.3 is 14.8 Å². The predicted octanol–water partition coefficient (Wildman–Crippen LogP) is 5.03. The van der Waals surface area contributed by atoms with E-state index in [2.05, 4.69) is 56.9 Å². The molecule has 1 saturated carbocycles. The van der Waals surface area contributed by atoms with E-state index < -0.39 is 10.0 Å². The molecule has 0 aromatic heterocycles. The standard InChI is InChI=1S/C25H33ClN2O4S.CH3I/c1-31-16-14-28-33(29,30)17-3-15-32-22-9-4-19-10-13-27-24(23(19)18-22)25(11-2-12-25)20-5-7-21(26)8-6-20;1-2/h4-9,18,24,27-28H,2-3,10-17H2,1H3;1H3. The molecule has 1 atom stereocenters. The first kappa shape index (κ1) is 28.7. The van der Waals surface area contributed by atoms with Gasteiger partial charge in [-0.15, -0.1) is 0 Å². The second-order valence-electron chi connectivity index (χ2n) is 8.92. The van der Waals surface area contributed by atoms with Crippen molar-refractivity contribution in [2.75, 3.05) is 44.1 Å². The van der Waals surface area contributed by atoms with Crippen molar-refractivity contribution < 1.29 is 17.9 Å². The van der Waals surface area contributed by atoms with Crippen LogP contribution in [0.3, 0.4) is 0 Å². The van der Waals surface area contributed by atoms with E-state index in [0.717, 1.165) is 36.6 Å². The van der Waals surface area contributed by atoms with Gasteiger partial charge in [-0.25, -0.2) is 13.1 Å². The van der Waals surface area contributed by atoms with Crippen LogP contribution >= 0.6 is 34.2 Å². The first-order valence-corrected chi connectivity index (χ1v) is 16.2. The summed E-state index contributed by atoms with van der Waals surface area (Å²) in [6.07, 6.45) is 4.93. The number of methoxy groups -OCH3 is 1. The van der Waals surface area contributed by atoms with Gasteiger partial charge in [0.2, 0.25) is 10.0 Å². The molecule has 2 N–H and O–H groups in total. The van der Waals surface area contributed by atoms with E-state index in [4.69, 9.17) is 21.1 Å². The molecule has 1 fully saturated rings. The Morgan fingerprint density at radius 1 is 1.14 bits per heavy atom. The van der Waals surface area contributed by atoms with Crippen molar-refractivity contribution in [1.82, 2.24) is 10.0 Å². The highest BCUT2D eigenvalue weighted by Crippen LogP contribution is 2.53. The molecule has 0 amide bonds. The number of hydrogen-bond donors (Lipinski definition) is 2. The third kappa shape index (κ3) is 7.32. The van der Waals surface area contributed by atoms with Crippen LogP contribution in [0, 0.1) is 0 Å². The molecule has 0 bridgehead atoms. The van der Waals surface area contributed by atoms with Gasteiger partial charge in [0.15, 0.2) is 0 Å². The van der Waals surface area contributed by atoms with E-state index in [0.29, 0.717) is 19.6 Å². The number of alkyl halides is 1. The van der Waals surface area contributed by atoms with Gasteiger partial charge in [-0.1, -0.05) is 58.8 Å². The van der Waals surface area contributed by atoms with Crippen LogP contribution in [-0.4, -0.2) is 52.5 Å². The molecule has 2 aromatic carbocycles. The summed E-state index contributed by atoms with van der Waals surface area (Å²) in [5.74, 6) is 0.823. The topological polar surface area (TPSA) is 76.7 Å². The smallest absolute Gasteiger partial charge is 0.211 e. The highest BCUT2D eigenvalue weighted by Gasteiger charge is 2.47. The molecular formula is C26H36ClIN2O4S. The lowest BCUT2D eigenvalue weighted by Crippen LogP contribution is -2.49. The van der Waals surface area contributed by atoms with Crippen LogP contribution in [0.1, 0.15) is 48.4 Å². The van der Waals surface area contributed by atoms with E-state index in [1.54, 1.807) is 7.11 Å². The van der Waals surface area contributed by atoms with E-state index >= 15 is 0 Å². The molecule has 0 spiro atoms. The fraction of sp³-hybridized carbons (Fsp3) is 0.538. The zero-order chi connectivity index (χ0) is 25.3. The Hall–Kier alpha value is -0.910.